The van der Waals surface area contributed by atoms with Crippen molar-refractivity contribution in [3.8, 4) is 0 Å². The Morgan fingerprint density at radius 1 is 0.980 bits per heavy atom. The summed E-state index contributed by atoms with van der Waals surface area (Å²) in [4.78, 5) is 59.4. The quantitative estimate of drug-likeness (QED) is 0.292. The van der Waals surface area contributed by atoms with Crippen LogP contribution in [0.1, 0.15) is 78.4 Å². The zero-order valence-electron chi connectivity index (χ0n) is 29.8. The summed E-state index contributed by atoms with van der Waals surface area (Å²) in [5.74, 6) is -2.21. The molecular weight excluding hydrogens is 657 g/mol. The molecule has 2 aliphatic heterocycles. The molecule has 0 bridgehead atoms. The fourth-order valence-corrected chi connectivity index (χ4v) is 8.79. The molecule has 12 nitrogen and oxygen atoms in total. The number of rotatable bonds is 9. The van der Waals surface area contributed by atoms with Gasteiger partial charge in [0.25, 0.3) is 5.91 Å². The van der Waals surface area contributed by atoms with E-state index in [1.165, 1.54) is 26.8 Å². The highest BCUT2D eigenvalue weighted by Crippen LogP contribution is 2.46. The molecule has 13 heteroatoms. The molecule has 2 aliphatic carbocycles. The summed E-state index contributed by atoms with van der Waals surface area (Å²) >= 11 is 0. The fourth-order valence-electron chi connectivity index (χ4n) is 7.43. The Bertz CT molecular complexity index is 1800. The highest BCUT2D eigenvalue weighted by Gasteiger charge is 2.62. The predicted octanol–water partition coefficient (Wildman–Crippen LogP) is 3.31. The highest BCUT2D eigenvalue weighted by molar-refractivity contribution is 7.91. The van der Waals surface area contributed by atoms with E-state index >= 15 is 0 Å². The number of nitrogens with zero attached hydrogens (tertiary/aromatic N) is 2. The van der Waals surface area contributed by atoms with Crippen molar-refractivity contribution in [3.05, 3.63) is 60.2 Å². The number of amides is 5. The first kappa shape index (κ1) is 35.8. The van der Waals surface area contributed by atoms with Gasteiger partial charge in [0, 0.05) is 37.1 Å². The lowest BCUT2D eigenvalue weighted by atomic mass is 9.85. The fraction of sp³-hybridized carbons (Fsp3) is 0.568. The van der Waals surface area contributed by atoms with E-state index in [4.69, 9.17) is 0 Å². The molecule has 4 N–H and O–H groups in total. The minimum Gasteiger partial charge on any atom is -0.339 e. The second kappa shape index (κ2) is 12.7. The summed E-state index contributed by atoms with van der Waals surface area (Å²) in [6.45, 7) is 16.4. The molecule has 50 heavy (non-hydrogen) atoms. The Morgan fingerprint density at radius 3 is 2.12 bits per heavy atom. The summed E-state index contributed by atoms with van der Waals surface area (Å²) < 4.78 is 27.6. The zero-order valence-corrected chi connectivity index (χ0v) is 30.7. The maximum Gasteiger partial charge on any atom is 0.315 e. The van der Waals surface area contributed by atoms with Crippen LogP contribution in [-0.2, 0) is 37.5 Å². The van der Waals surface area contributed by atoms with E-state index < -0.39 is 73.5 Å². The third-order valence-corrected chi connectivity index (χ3v) is 12.2. The molecule has 3 fully saturated rings. The third kappa shape index (κ3) is 7.12. The van der Waals surface area contributed by atoms with Crippen LogP contribution in [0.15, 0.2) is 49.1 Å². The van der Waals surface area contributed by atoms with Gasteiger partial charge in [-0.05, 0) is 73.8 Å². The van der Waals surface area contributed by atoms with E-state index in [0.29, 0.717) is 25.9 Å². The number of benzene rings is 2. The van der Waals surface area contributed by atoms with Crippen molar-refractivity contribution >= 4 is 44.5 Å². The first-order valence-electron chi connectivity index (χ1n) is 17.5. The minimum absolute atomic E-state index is 0.199. The molecule has 2 aromatic carbocycles. The summed E-state index contributed by atoms with van der Waals surface area (Å²) in [5.41, 5.74) is -0.405. The molecule has 5 amide bonds. The van der Waals surface area contributed by atoms with Crippen LogP contribution in [0.25, 0.3) is 10.8 Å². The van der Waals surface area contributed by atoms with E-state index in [0.717, 1.165) is 0 Å². The van der Waals surface area contributed by atoms with E-state index in [2.05, 4.69) is 56.4 Å². The van der Waals surface area contributed by atoms with Crippen LogP contribution in [0.3, 0.4) is 0 Å². The van der Waals surface area contributed by atoms with Crippen molar-refractivity contribution in [1.29, 1.82) is 0 Å². The Kier molecular flexibility index (Phi) is 9.08. The van der Waals surface area contributed by atoms with Gasteiger partial charge >= 0.3 is 6.03 Å². The number of likely N-dealkylation sites (tertiary alicyclic amines) is 1. The van der Waals surface area contributed by atoms with Crippen LogP contribution in [0.2, 0.25) is 0 Å². The number of hydrogen-bond donors (Lipinski definition) is 4. The van der Waals surface area contributed by atoms with Gasteiger partial charge in [-0.25, -0.2) is 13.2 Å². The van der Waals surface area contributed by atoms with Crippen molar-refractivity contribution in [2.24, 2.45) is 11.3 Å². The number of nitrogens with one attached hydrogen (secondary N) is 4. The molecule has 6 rings (SSSR count). The minimum atomic E-state index is -3.86. The van der Waals surface area contributed by atoms with Gasteiger partial charge < -0.3 is 20.9 Å². The highest BCUT2D eigenvalue weighted by atomic mass is 32.2. The number of sulfonamides is 1. The van der Waals surface area contributed by atoms with Crippen LogP contribution in [0.4, 0.5) is 4.79 Å². The smallest absolute Gasteiger partial charge is 0.315 e. The van der Waals surface area contributed by atoms with Crippen molar-refractivity contribution in [2.75, 3.05) is 6.54 Å². The van der Waals surface area contributed by atoms with E-state index in [-0.39, 0.29) is 25.4 Å². The van der Waals surface area contributed by atoms with Crippen molar-refractivity contribution in [2.45, 2.75) is 115 Å². The molecule has 0 aromatic heterocycles. The van der Waals surface area contributed by atoms with Gasteiger partial charge in [-0.15, -0.1) is 6.58 Å². The van der Waals surface area contributed by atoms with Crippen LogP contribution in [-0.4, -0.2) is 83.0 Å². The van der Waals surface area contributed by atoms with Crippen LogP contribution >= 0.6 is 0 Å². The molecule has 2 saturated carbocycles. The molecular formula is C37H50N6O6S. The van der Waals surface area contributed by atoms with Gasteiger partial charge in [0.1, 0.15) is 17.6 Å². The first-order valence-corrected chi connectivity index (χ1v) is 19.0. The Labute approximate surface area is 294 Å². The summed E-state index contributed by atoms with van der Waals surface area (Å²) in [6.07, 6.45) is 3.00. The van der Waals surface area contributed by atoms with E-state index in [1.807, 2.05) is 53.7 Å². The molecule has 5 atom stereocenters. The van der Waals surface area contributed by atoms with E-state index in [9.17, 15) is 27.6 Å². The SMILES string of the molecule is C=C[C@@H]1C[C@]1(NC(=O)[C@@H]1C[C@@H](N2Cc3cccc4cccc(c34)C2)CN1C(=O)[C@@H](NC(=O)NC(C)(C)C)C(C)(C)C)C(=O)NS(=O)(=O)C1CC1. The number of hydrogen-bond acceptors (Lipinski definition) is 7. The van der Waals surface area contributed by atoms with Gasteiger partial charge in [-0.1, -0.05) is 63.2 Å². The first-order chi connectivity index (χ1) is 23.3. The second-order valence-corrected chi connectivity index (χ2v) is 18.5. The topological polar surface area (TPSA) is 157 Å². The third-order valence-electron chi connectivity index (χ3n) is 10.3. The average Bonchev–Trinajstić information content (AvgIpc) is 3.94. The van der Waals surface area contributed by atoms with Gasteiger partial charge in [0.2, 0.25) is 21.8 Å². The van der Waals surface area contributed by atoms with Gasteiger partial charge in [0.05, 0.1) is 5.25 Å². The van der Waals surface area contributed by atoms with Gasteiger partial charge in [-0.3, -0.25) is 24.0 Å². The van der Waals surface area contributed by atoms with Crippen molar-refractivity contribution in [1.82, 2.24) is 30.5 Å². The summed E-state index contributed by atoms with van der Waals surface area (Å²) in [7, 11) is -3.86. The average molecular weight is 707 g/mol. The van der Waals surface area contributed by atoms with Crippen LogP contribution in [0.5, 0.6) is 0 Å². The van der Waals surface area contributed by atoms with Crippen molar-refractivity contribution in [3.63, 3.8) is 0 Å². The monoisotopic (exact) mass is 706 g/mol. The Hall–Kier alpha value is -3.97. The van der Waals surface area contributed by atoms with Crippen molar-refractivity contribution < 1.29 is 27.6 Å². The molecule has 2 heterocycles. The lowest BCUT2D eigenvalue weighted by Crippen LogP contribution is -2.61. The number of carbonyl (C=O) groups is 4. The van der Waals surface area contributed by atoms with Gasteiger partial charge in [0.15, 0.2) is 0 Å². The molecule has 4 aliphatic rings. The lowest BCUT2D eigenvalue weighted by molar-refractivity contribution is -0.142. The van der Waals surface area contributed by atoms with Crippen LogP contribution in [0, 0.1) is 11.3 Å². The van der Waals surface area contributed by atoms with Crippen LogP contribution < -0.4 is 20.7 Å². The molecule has 0 spiro atoms. The maximum absolute atomic E-state index is 14.6. The maximum atomic E-state index is 14.6. The second-order valence-electron chi connectivity index (χ2n) is 16.6. The van der Waals surface area contributed by atoms with E-state index in [1.54, 1.807) is 6.08 Å². The molecule has 0 unspecified atom stereocenters. The number of urea groups is 1. The standard InChI is InChI=1S/C37H50N6O6S/c1-8-25-18-37(25,33(46)41-50(48,49)27-15-16-27)39-31(44)28-17-26(42-19-23-13-9-11-22-12-10-14-24(20-42)29(22)23)21-43(28)32(45)30(35(2,3)4)38-34(47)40-36(5,6)7/h8-14,25-28,30H,1,15-21H2,2-7H3,(H,39,44)(H,41,46)(H2,38,40,47)/t25-,26-,28+,30-,37-/m1/s1. The van der Waals surface area contributed by atoms with Gasteiger partial charge in [-0.2, -0.15) is 0 Å². The zero-order chi connectivity index (χ0) is 36.4. The molecule has 1 saturated heterocycles. The predicted molar refractivity (Wildman–Crippen MR) is 191 cm³/mol. The largest absolute Gasteiger partial charge is 0.339 e. The molecule has 0 radical (unpaired) electrons. The Morgan fingerprint density at radius 2 is 1.60 bits per heavy atom. The molecule has 2 aromatic rings. The normalized spacial score (nSPS) is 25.8. The number of carbonyl (C=O) groups excluding carboxylic acids is 4. The molecule has 270 valence electrons. The lowest BCUT2D eigenvalue weighted by Gasteiger charge is -2.37. The Balaban J connectivity index is 1.29. The summed E-state index contributed by atoms with van der Waals surface area (Å²) in [6, 6.07) is 9.81. The summed E-state index contributed by atoms with van der Waals surface area (Å²) in [5, 5.41) is 10.4.